The number of carbonyl (C=O) groups excluding carboxylic acids is 1. The van der Waals surface area contributed by atoms with Gasteiger partial charge in [-0.3, -0.25) is 0 Å². The molecule has 0 saturated carbocycles. The molecule has 0 aromatic heterocycles. The average molecular weight is 279 g/mol. The zero-order valence-corrected chi connectivity index (χ0v) is 12.1. The molecule has 1 amide bonds. The van der Waals surface area contributed by atoms with Gasteiger partial charge in [-0.15, -0.1) is 0 Å². The van der Waals surface area contributed by atoms with Gasteiger partial charge in [-0.1, -0.05) is 18.2 Å². The van der Waals surface area contributed by atoms with E-state index < -0.39 is 11.7 Å². The van der Waals surface area contributed by atoms with Crippen LogP contribution in [0.3, 0.4) is 0 Å². The second-order valence-corrected chi connectivity index (χ2v) is 5.92. The van der Waals surface area contributed by atoms with Crippen molar-refractivity contribution in [3.63, 3.8) is 0 Å². The van der Waals surface area contributed by atoms with Crippen LogP contribution in [0.2, 0.25) is 0 Å². The van der Waals surface area contributed by atoms with Gasteiger partial charge in [-0.25, -0.2) is 4.79 Å². The molecule has 5 heteroatoms. The molecule has 1 aliphatic rings. The lowest BCUT2D eigenvalue weighted by molar-refractivity contribution is 0.0422. The molecule has 2 N–H and O–H groups in total. The number of aliphatic hydroxyl groups excluding tert-OH is 1. The van der Waals surface area contributed by atoms with Gasteiger partial charge in [-0.05, 0) is 26.8 Å². The van der Waals surface area contributed by atoms with E-state index in [1.165, 1.54) is 0 Å². The van der Waals surface area contributed by atoms with Gasteiger partial charge in [0.05, 0.1) is 19.3 Å². The number of hydrogen-bond acceptors (Lipinski definition) is 4. The standard InChI is InChI=1S/C15H21NO4/c1-15(2,3)20-14(18)16-13-10(8-17)9-19-12-7-5-4-6-11(12)13/h4-7,10,13,17H,8-9H2,1-3H3,(H,16,18)/t10-,13-/m1/s1. The molecule has 1 aromatic rings. The summed E-state index contributed by atoms with van der Waals surface area (Å²) in [5.74, 6) is 0.552. The van der Waals surface area contributed by atoms with E-state index in [9.17, 15) is 9.90 Å². The Labute approximate surface area is 118 Å². The summed E-state index contributed by atoms with van der Waals surface area (Å²) in [6.45, 7) is 5.75. The van der Waals surface area contributed by atoms with E-state index in [-0.39, 0.29) is 18.6 Å². The minimum atomic E-state index is -0.552. The van der Waals surface area contributed by atoms with E-state index in [4.69, 9.17) is 9.47 Å². The highest BCUT2D eigenvalue weighted by atomic mass is 16.6. The van der Waals surface area contributed by atoms with Crippen LogP contribution in [0.15, 0.2) is 24.3 Å². The highest BCUT2D eigenvalue weighted by molar-refractivity contribution is 5.68. The Morgan fingerprint density at radius 3 is 2.80 bits per heavy atom. The number of alkyl carbamates (subject to hydrolysis) is 1. The fraction of sp³-hybridized carbons (Fsp3) is 0.533. The number of rotatable bonds is 2. The Kier molecular flexibility index (Phi) is 4.18. The van der Waals surface area contributed by atoms with Crippen LogP contribution in [0, 0.1) is 5.92 Å². The van der Waals surface area contributed by atoms with Crippen molar-refractivity contribution in [3.05, 3.63) is 29.8 Å². The number of carbonyl (C=O) groups is 1. The summed E-state index contributed by atoms with van der Waals surface area (Å²) in [5.41, 5.74) is 0.312. The number of ether oxygens (including phenoxy) is 2. The van der Waals surface area contributed by atoms with Crippen molar-refractivity contribution in [1.29, 1.82) is 0 Å². The molecule has 0 saturated heterocycles. The number of fused-ring (bicyclic) bond motifs is 1. The number of para-hydroxylation sites is 1. The van der Waals surface area contributed by atoms with E-state index in [1.54, 1.807) is 0 Å². The van der Waals surface area contributed by atoms with Crippen LogP contribution in [0.25, 0.3) is 0 Å². The first-order chi connectivity index (χ1) is 9.40. The van der Waals surface area contributed by atoms with Gasteiger partial charge >= 0.3 is 6.09 Å². The third-order valence-electron chi connectivity index (χ3n) is 3.09. The second-order valence-electron chi connectivity index (χ2n) is 5.92. The highest BCUT2D eigenvalue weighted by Gasteiger charge is 2.32. The lowest BCUT2D eigenvalue weighted by Crippen LogP contribution is -2.42. The van der Waals surface area contributed by atoms with Crippen molar-refractivity contribution in [2.45, 2.75) is 32.4 Å². The summed E-state index contributed by atoms with van der Waals surface area (Å²) < 4.78 is 10.9. The maximum atomic E-state index is 11.9. The van der Waals surface area contributed by atoms with E-state index in [0.717, 1.165) is 11.3 Å². The molecule has 0 fully saturated rings. The number of hydrogen-bond donors (Lipinski definition) is 2. The maximum Gasteiger partial charge on any atom is 0.408 e. The molecule has 1 heterocycles. The maximum absolute atomic E-state index is 11.9. The molecular weight excluding hydrogens is 258 g/mol. The summed E-state index contributed by atoms with van der Waals surface area (Å²) in [6.07, 6.45) is -0.488. The molecule has 1 aromatic carbocycles. The largest absolute Gasteiger partial charge is 0.493 e. The van der Waals surface area contributed by atoms with Gasteiger partial charge in [0.2, 0.25) is 0 Å². The normalized spacial score (nSPS) is 21.6. The Morgan fingerprint density at radius 1 is 1.45 bits per heavy atom. The zero-order chi connectivity index (χ0) is 14.8. The van der Waals surface area contributed by atoms with E-state index >= 15 is 0 Å². The van der Waals surface area contributed by atoms with Gasteiger partial charge in [0.25, 0.3) is 0 Å². The molecule has 0 bridgehead atoms. The number of benzene rings is 1. The van der Waals surface area contributed by atoms with E-state index in [0.29, 0.717) is 6.61 Å². The lowest BCUT2D eigenvalue weighted by Gasteiger charge is -2.33. The van der Waals surface area contributed by atoms with E-state index in [1.807, 2.05) is 45.0 Å². The first-order valence-corrected chi connectivity index (χ1v) is 6.73. The number of amides is 1. The molecule has 0 radical (unpaired) electrons. The molecule has 2 atom stereocenters. The van der Waals surface area contributed by atoms with Crippen molar-refractivity contribution < 1.29 is 19.4 Å². The van der Waals surface area contributed by atoms with Gasteiger partial charge in [0.15, 0.2) is 0 Å². The minimum Gasteiger partial charge on any atom is -0.493 e. The van der Waals surface area contributed by atoms with Gasteiger partial charge in [0, 0.05) is 11.5 Å². The lowest BCUT2D eigenvalue weighted by atomic mass is 9.91. The minimum absolute atomic E-state index is 0.0607. The first-order valence-electron chi connectivity index (χ1n) is 6.73. The molecule has 110 valence electrons. The average Bonchev–Trinajstić information content (AvgIpc) is 2.37. The predicted molar refractivity (Wildman–Crippen MR) is 74.6 cm³/mol. The second kappa shape index (κ2) is 5.71. The molecular formula is C15H21NO4. The Bertz CT molecular complexity index is 481. The fourth-order valence-electron chi connectivity index (χ4n) is 2.20. The third-order valence-corrected chi connectivity index (χ3v) is 3.09. The molecule has 2 rings (SSSR count). The van der Waals surface area contributed by atoms with Crippen molar-refractivity contribution >= 4 is 6.09 Å². The van der Waals surface area contributed by atoms with Gasteiger partial charge < -0.3 is 19.9 Å². The number of aliphatic hydroxyl groups is 1. The number of nitrogens with one attached hydrogen (secondary N) is 1. The van der Waals surface area contributed by atoms with Crippen LogP contribution in [-0.4, -0.2) is 30.0 Å². The molecule has 0 aliphatic carbocycles. The fourth-order valence-corrected chi connectivity index (χ4v) is 2.20. The Balaban J connectivity index is 2.17. The van der Waals surface area contributed by atoms with E-state index in [2.05, 4.69) is 5.32 Å². The highest BCUT2D eigenvalue weighted by Crippen LogP contribution is 2.35. The summed E-state index contributed by atoms with van der Waals surface area (Å²) in [4.78, 5) is 11.9. The Hall–Kier alpha value is -1.75. The topological polar surface area (TPSA) is 67.8 Å². The van der Waals surface area contributed by atoms with Crippen LogP contribution in [0.5, 0.6) is 5.75 Å². The van der Waals surface area contributed by atoms with Crippen molar-refractivity contribution in [1.82, 2.24) is 5.32 Å². The zero-order valence-electron chi connectivity index (χ0n) is 12.1. The van der Waals surface area contributed by atoms with Crippen LogP contribution >= 0.6 is 0 Å². The molecule has 5 nitrogen and oxygen atoms in total. The predicted octanol–water partition coefficient (Wildman–Crippen LogP) is 2.25. The van der Waals surface area contributed by atoms with Crippen molar-refractivity contribution in [3.8, 4) is 5.75 Å². The smallest absolute Gasteiger partial charge is 0.408 e. The van der Waals surface area contributed by atoms with Gasteiger partial charge in [-0.2, -0.15) is 0 Å². The molecule has 20 heavy (non-hydrogen) atoms. The van der Waals surface area contributed by atoms with Crippen LogP contribution in [0.1, 0.15) is 32.4 Å². The van der Waals surface area contributed by atoms with Crippen molar-refractivity contribution in [2.75, 3.05) is 13.2 Å². The van der Waals surface area contributed by atoms with Crippen LogP contribution in [-0.2, 0) is 4.74 Å². The van der Waals surface area contributed by atoms with Gasteiger partial charge in [0.1, 0.15) is 11.4 Å². The summed E-state index contributed by atoms with van der Waals surface area (Å²) >= 11 is 0. The summed E-state index contributed by atoms with van der Waals surface area (Å²) in [6, 6.07) is 7.19. The first kappa shape index (κ1) is 14.7. The van der Waals surface area contributed by atoms with Crippen molar-refractivity contribution in [2.24, 2.45) is 5.92 Å². The SMILES string of the molecule is CC(C)(C)OC(=O)N[C@H]1c2ccccc2OC[C@H]1CO. The quantitative estimate of drug-likeness (QED) is 0.871. The summed E-state index contributed by atoms with van der Waals surface area (Å²) in [5, 5.41) is 12.3. The molecule has 1 aliphatic heterocycles. The summed E-state index contributed by atoms with van der Waals surface area (Å²) in [7, 11) is 0. The van der Waals surface area contributed by atoms with Crippen LogP contribution < -0.4 is 10.1 Å². The molecule has 0 spiro atoms. The third kappa shape index (κ3) is 3.42. The van der Waals surface area contributed by atoms with Crippen LogP contribution in [0.4, 0.5) is 4.79 Å². The monoisotopic (exact) mass is 279 g/mol. The molecule has 0 unspecified atom stereocenters. The Morgan fingerprint density at radius 2 is 2.15 bits per heavy atom.